The van der Waals surface area contributed by atoms with Crippen LogP contribution in [0.5, 0.6) is 0 Å². The summed E-state index contributed by atoms with van der Waals surface area (Å²) < 4.78 is 37.6. The van der Waals surface area contributed by atoms with Crippen molar-refractivity contribution in [2.24, 2.45) is 11.8 Å². The Hall–Kier alpha value is -2.04. The van der Waals surface area contributed by atoms with Crippen LogP contribution in [0, 0.1) is 23.2 Å². The molecule has 5 nitrogen and oxygen atoms in total. The first-order valence-electron chi connectivity index (χ1n) is 6.23. The maximum Gasteiger partial charge on any atom is 0.391 e. The summed E-state index contributed by atoms with van der Waals surface area (Å²) in [5, 5.41) is 17.4. The van der Waals surface area contributed by atoms with Crippen LogP contribution in [0.15, 0.2) is 6.20 Å². The molecule has 1 aliphatic carbocycles. The minimum Gasteiger partial charge on any atom is -0.310 e. The van der Waals surface area contributed by atoms with Gasteiger partial charge in [-0.2, -0.15) is 23.5 Å². The molecule has 0 saturated heterocycles. The Kier molecular flexibility index (Phi) is 3.97. The molecule has 0 aliphatic heterocycles. The Balaban J connectivity index is 1.91. The quantitative estimate of drug-likeness (QED) is 0.876. The molecule has 0 atom stereocenters. The van der Waals surface area contributed by atoms with Gasteiger partial charge in [0.25, 0.3) is 0 Å². The Morgan fingerprint density at radius 3 is 2.60 bits per heavy atom. The van der Waals surface area contributed by atoms with E-state index in [9.17, 15) is 18.0 Å². The Labute approximate surface area is 113 Å². The van der Waals surface area contributed by atoms with E-state index in [1.165, 1.54) is 6.20 Å². The predicted octanol–water partition coefficient (Wildman–Crippen LogP) is 2.59. The number of alkyl halides is 3. The van der Waals surface area contributed by atoms with E-state index in [-0.39, 0.29) is 43.0 Å². The molecule has 20 heavy (non-hydrogen) atoms. The van der Waals surface area contributed by atoms with Gasteiger partial charge in [-0.25, -0.2) is 0 Å². The maximum absolute atomic E-state index is 12.5. The Morgan fingerprint density at radius 2 is 2.05 bits per heavy atom. The van der Waals surface area contributed by atoms with Crippen molar-refractivity contribution in [3.05, 3.63) is 11.8 Å². The monoisotopic (exact) mass is 286 g/mol. The summed E-state index contributed by atoms with van der Waals surface area (Å²) in [6.07, 6.45) is -2.57. The van der Waals surface area contributed by atoms with Crippen molar-refractivity contribution in [2.45, 2.75) is 31.9 Å². The normalized spacial score (nSPS) is 23.1. The largest absolute Gasteiger partial charge is 0.391 e. The first kappa shape index (κ1) is 14.4. The highest BCUT2D eigenvalue weighted by molar-refractivity contribution is 5.92. The molecule has 1 fully saturated rings. The number of rotatable bonds is 2. The number of nitrogens with zero attached hydrogens (tertiary/aromatic N) is 2. The number of H-pyrrole nitrogens is 1. The van der Waals surface area contributed by atoms with Gasteiger partial charge in [-0.1, -0.05) is 0 Å². The van der Waals surface area contributed by atoms with Crippen molar-refractivity contribution >= 4 is 11.7 Å². The summed E-state index contributed by atoms with van der Waals surface area (Å²) in [7, 11) is 0. The van der Waals surface area contributed by atoms with Gasteiger partial charge in [-0.15, -0.1) is 0 Å². The molecule has 1 aliphatic rings. The van der Waals surface area contributed by atoms with Crippen LogP contribution in [0.1, 0.15) is 31.2 Å². The van der Waals surface area contributed by atoms with E-state index in [0.717, 1.165) is 0 Å². The molecular weight excluding hydrogens is 273 g/mol. The molecule has 2 N–H and O–H groups in total. The lowest BCUT2D eigenvalue weighted by Gasteiger charge is -2.28. The highest BCUT2D eigenvalue weighted by atomic mass is 19.4. The zero-order chi connectivity index (χ0) is 14.8. The summed E-state index contributed by atoms with van der Waals surface area (Å²) in [6, 6.07) is 1.85. The third-order valence-corrected chi connectivity index (χ3v) is 3.57. The van der Waals surface area contributed by atoms with Crippen molar-refractivity contribution in [2.75, 3.05) is 5.32 Å². The Bertz CT molecular complexity index is 524. The number of amides is 1. The summed E-state index contributed by atoms with van der Waals surface area (Å²) >= 11 is 0. The minimum absolute atomic E-state index is 0.0321. The summed E-state index contributed by atoms with van der Waals surface area (Å²) in [5.41, 5.74) is 0.197. The zero-order valence-corrected chi connectivity index (χ0v) is 10.5. The van der Waals surface area contributed by atoms with Gasteiger partial charge in [-0.3, -0.25) is 9.89 Å². The molecule has 1 aromatic heterocycles. The number of anilines is 1. The predicted molar refractivity (Wildman–Crippen MR) is 63.4 cm³/mol. The highest BCUT2D eigenvalue weighted by Gasteiger charge is 2.42. The van der Waals surface area contributed by atoms with E-state index in [0.29, 0.717) is 0 Å². The van der Waals surface area contributed by atoms with Crippen LogP contribution < -0.4 is 5.32 Å². The topological polar surface area (TPSA) is 81.6 Å². The number of hydrogen-bond donors (Lipinski definition) is 2. The van der Waals surface area contributed by atoms with Crippen LogP contribution in [0.2, 0.25) is 0 Å². The van der Waals surface area contributed by atoms with Crippen LogP contribution in [-0.4, -0.2) is 22.3 Å². The first-order chi connectivity index (χ1) is 9.41. The number of nitrogens with one attached hydrogen (secondary N) is 2. The van der Waals surface area contributed by atoms with E-state index < -0.39 is 18.0 Å². The van der Waals surface area contributed by atoms with Crippen LogP contribution in [0.4, 0.5) is 19.0 Å². The molecule has 1 heterocycles. The standard InChI is InChI=1S/C12H13F3N4O/c13-12(14,15)9-3-1-7(2-4-9)11(20)18-10-8(5-16)6-17-19-10/h6-7,9H,1-4H2,(H2,17,18,19,20). The van der Waals surface area contributed by atoms with Gasteiger partial charge in [0.05, 0.1) is 12.1 Å². The average molecular weight is 286 g/mol. The molecule has 0 unspecified atom stereocenters. The number of aromatic nitrogens is 2. The molecule has 0 aromatic carbocycles. The van der Waals surface area contributed by atoms with Gasteiger partial charge in [-0.05, 0) is 25.7 Å². The number of hydrogen-bond acceptors (Lipinski definition) is 3. The fraction of sp³-hybridized carbons (Fsp3) is 0.583. The van der Waals surface area contributed by atoms with E-state index in [1.54, 1.807) is 0 Å². The van der Waals surface area contributed by atoms with E-state index in [1.807, 2.05) is 6.07 Å². The fourth-order valence-electron chi connectivity index (χ4n) is 2.37. The molecular formula is C12H13F3N4O. The van der Waals surface area contributed by atoms with Gasteiger partial charge in [0.2, 0.25) is 5.91 Å². The van der Waals surface area contributed by atoms with Gasteiger partial charge in [0.15, 0.2) is 0 Å². The van der Waals surface area contributed by atoms with Crippen molar-refractivity contribution < 1.29 is 18.0 Å². The number of aromatic amines is 1. The first-order valence-corrected chi connectivity index (χ1v) is 6.23. The second-order valence-corrected chi connectivity index (χ2v) is 4.85. The smallest absolute Gasteiger partial charge is 0.310 e. The summed E-state index contributed by atoms with van der Waals surface area (Å²) in [6.45, 7) is 0. The van der Waals surface area contributed by atoms with E-state index >= 15 is 0 Å². The highest BCUT2D eigenvalue weighted by Crippen LogP contribution is 2.39. The molecule has 1 amide bonds. The molecule has 8 heteroatoms. The van der Waals surface area contributed by atoms with Crippen molar-refractivity contribution in [3.63, 3.8) is 0 Å². The number of carbonyl (C=O) groups excluding carboxylic acids is 1. The van der Waals surface area contributed by atoms with Crippen molar-refractivity contribution in [3.8, 4) is 6.07 Å². The van der Waals surface area contributed by atoms with Crippen molar-refractivity contribution in [1.82, 2.24) is 10.2 Å². The Morgan fingerprint density at radius 1 is 1.40 bits per heavy atom. The lowest BCUT2D eigenvalue weighted by molar-refractivity contribution is -0.184. The van der Waals surface area contributed by atoms with Gasteiger partial charge < -0.3 is 5.32 Å². The molecule has 1 aromatic rings. The van der Waals surface area contributed by atoms with Crippen molar-refractivity contribution in [1.29, 1.82) is 5.26 Å². The summed E-state index contributed by atoms with van der Waals surface area (Å²) in [4.78, 5) is 11.9. The SMILES string of the molecule is N#Cc1cn[nH]c1NC(=O)C1CCC(C(F)(F)F)CC1. The van der Waals surface area contributed by atoms with E-state index in [2.05, 4.69) is 15.5 Å². The average Bonchev–Trinajstić information content (AvgIpc) is 2.85. The molecule has 2 rings (SSSR count). The fourth-order valence-corrected chi connectivity index (χ4v) is 2.37. The lowest BCUT2D eigenvalue weighted by Crippen LogP contribution is -2.32. The molecule has 0 bridgehead atoms. The molecule has 1 saturated carbocycles. The van der Waals surface area contributed by atoms with Gasteiger partial charge >= 0.3 is 6.18 Å². The molecule has 108 valence electrons. The van der Waals surface area contributed by atoms with Gasteiger partial charge in [0.1, 0.15) is 17.5 Å². The molecule has 0 spiro atoms. The number of halogens is 3. The van der Waals surface area contributed by atoms with Crippen LogP contribution >= 0.6 is 0 Å². The summed E-state index contributed by atoms with van der Waals surface area (Å²) in [5.74, 6) is -1.95. The molecule has 0 radical (unpaired) electrons. The third-order valence-electron chi connectivity index (χ3n) is 3.57. The second kappa shape index (κ2) is 5.53. The van der Waals surface area contributed by atoms with Crippen LogP contribution in [0.3, 0.4) is 0 Å². The maximum atomic E-state index is 12.5. The lowest BCUT2D eigenvalue weighted by atomic mass is 9.81. The number of nitriles is 1. The minimum atomic E-state index is -4.18. The second-order valence-electron chi connectivity index (χ2n) is 4.85. The zero-order valence-electron chi connectivity index (χ0n) is 10.5. The van der Waals surface area contributed by atoms with Gasteiger partial charge in [0, 0.05) is 5.92 Å². The van der Waals surface area contributed by atoms with Crippen LogP contribution in [0.25, 0.3) is 0 Å². The third kappa shape index (κ3) is 3.10. The number of carbonyl (C=O) groups is 1. The van der Waals surface area contributed by atoms with Crippen LogP contribution in [-0.2, 0) is 4.79 Å². The van der Waals surface area contributed by atoms with E-state index in [4.69, 9.17) is 5.26 Å².